The number of halogens is 1. The molecule has 22 heavy (non-hydrogen) atoms. The smallest absolute Gasteiger partial charge is 0.269 e. The molecular formula is C17H21ClN2O2. The van der Waals surface area contributed by atoms with E-state index in [4.69, 9.17) is 0 Å². The molecule has 118 valence electrons. The Bertz CT molecular complexity index is 573. The third-order valence-corrected chi connectivity index (χ3v) is 3.48. The third kappa shape index (κ3) is 5.13. The van der Waals surface area contributed by atoms with Crippen LogP contribution in [-0.4, -0.2) is 4.92 Å². The van der Waals surface area contributed by atoms with E-state index in [1.165, 1.54) is 5.56 Å². The molecule has 1 N–H and O–H groups in total. The summed E-state index contributed by atoms with van der Waals surface area (Å²) in [4.78, 5) is 10.3. The minimum absolute atomic E-state index is 0. The van der Waals surface area contributed by atoms with Crippen molar-refractivity contribution in [1.29, 1.82) is 0 Å². The maximum absolute atomic E-state index is 10.6. The Labute approximate surface area is 137 Å². The molecule has 1 unspecified atom stereocenters. The van der Waals surface area contributed by atoms with Gasteiger partial charge in [-0.1, -0.05) is 55.8 Å². The predicted octanol–water partition coefficient (Wildman–Crippen LogP) is 4.65. The number of benzene rings is 2. The molecule has 1 atom stereocenters. The lowest BCUT2D eigenvalue weighted by Crippen LogP contribution is -2.20. The molecule has 0 spiro atoms. The molecule has 0 bridgehead atoms. The van der Waals surface area contributed by atoms with Gasteiger partial charge in [0.2, 0.25) is 0 Å². The van der Waals surface area contributed by atoms with Gasteiger partial charge in [-0.15, -0.1) is 12.4 Å². The summed E-state index contributed by atoms with van der Waals surface area (Å²) in [6, 6.07) is 17.4. The summed E-state index contributed by atoms with van der Waals surface area (Å²) >= 11 is 0. The maximum atomic E-state index is 10.6. The summed E-state index contributed by atoms with van der Waals surface area (Å²) in [6.45, 7) is 2.88. The zero-order valence-corrected chi connectivity index (χ0v) is 13.4. The molecule has 2 aromatic carbocycles. The van der Waals surface area contributed by atoms with Gasteiger partial charge in [-0.05, 0) is 17.5 Å². The lowest BCUT2D eigenvalue weighted by atomic mass is 10.0. The number of nitrogens with zero attached hydrogens (tertiary/aromatic N) is 1. The molecule has 0 saturated carbocycles. The van der Waals surface area contributed by atoms with E-state index in [9.17, 15) is 10.1 Å². The summed E-state index contributed by atoms with van der Waals surface area (Å²) in [5, 5.41) is 14.2. The highest BCUT2D eigenvalue weighted by atomic mass is 35.5. The summed E-state index contributed by atoms with van der Waals surface area (Å²) in [5.41, 5.74) is 2.46. The Morgan fingerprint density at radius 3 is 2.27 bits per heavy atom. The van der Waals surface area contributed by atoms with Gasteiger partial charge < -0.3 is 5.32 Å². The van der Waals surface area contributed by atoms with E-state index in [0.717, 1.165) is 18.4 Å². The maximum Gasteiger partial charge on any atom is 0.269 e. The molecule has 0 heterocycles. The molecule has 2 aromatic rings. The first-order chi connectivity index (χ1) is 10.2. The molecular weight excluding hydrogens is 300 g/mol. The van der Waals surface area contributed by atoms with Gasteiger partial charge in [-0.2, -0.15) is 0 Å². The van der Waals surface area contributed by atoms with Crippen molar-refractivity contribution in [3.05, 3.63) is 75.8 Å². The van der Waals surface area contributed by atoms with E-state index >= 15 is 0 Å². The second-order valence-electron chi connectivity index (χ2n) is 5.06. The SMILES string of the molecule is CCCC(NCc1ccc([N+](=O)[O-])cc1)c1ccccc1.Cl. The van der Waals surface area contributed by atoms with E-state index in [-0.39, 0.29) is 23.0 Å². The standard InChI is InChI=1S/C17H20N2O2.ClH/c1-2-6-17(15-7-4-3-5-8-15)18-13-14-9-11-16(12-10-14)19(20)21;/h3-5,7-12,17-18H,2,6,13H2,1H3;1H. The quantitative estimate of drug-likeness (QED) is 0.597. The zero-order valence-electron chi connectivity index (χ0n) is 12.6. The van der Waals surface area contributed by atoms with Crippen molar-refractivity contribution >= 4 is 18.1 Å². The molecule has 0 radical (unpaired) electrons. The topological polar surface area (TPSA) is 55.2 Å². The number of nitrogens with one attached hydrogen (secondary N) is 1. The van der Waals surface area contributed by atoms with Gasteiger partial charge in [0.15, 0.2) is 0 Å². The first-order valence-electron chi connectivity index (χ1n) is 7.22. The minimum Gasteiger partial charge on any atom is -0.306 e. The number of rotatable bonds is 7. The van der Waals surface area contributed by atoms with E-state index in [2.05, 4.69) is 24.4 Å². The lowest BCUT2D eigenvalue weighted by molar-refractivity contribution is -0.384. The van der Waals surface area contributed by atoms with Crippen LogP contribution >= 0.6 is 12.4 Å². The summed E-state index contributed by atoms with van der Waals surface area (Å²) in [5.74, 6) is 0. The Hall–Kier alpha value is -1.91. The normalized spacial score (nSPS) is 11.5. The molecule has 0 aliphatic carbocycles. The van der Waals surface area contributed by atoms with Crippen LogP contribution in [0, 0.1) is 10.1 Å². The lowest BCUT2D eigenvalue weighted by Gasteiger charge is -2.18. The average molecular weight is 321 g/mol. The van der Waals surface area contributed by atoms with Crippen LogP contribution in [0.15, 0.2) is 54.6 Å². The first kappa shape index (κ1) is 18.1. The first-order valence-corrected chi connectivity index (χ1v) is 7.22. The number of non-ortho nitro benzene ring substituents is 1. The van der Waals surface area contributed by atoms with Crippen LogP contribution in [0.3, 0.4) is 0 Å². The largest absolute Gasteiger partial charge is 0.306 e. The predicted molar refractivity (Wildman–Crippen MR) is 91.3 cm³/mol. The van der Waals surface area contributed by atoms with Crippen molar-refractivity contribution in [3.8, 4) is 0 Å². The average Bonchev–Trinajstić information content (AvgIpc) is 2.52. The fourth-order valence-electron chi connectivity index (χ4n) is 2.34. The van der Waals surface area contributed by atoms with Gasteiger partial charge in [-0.25, -0.2) is 0 Å². The Morgan fingerprint density at radius 1 is 1.09 bits per heavy atom. The summed E-state index contributed by atoms with van der Waals surface area (Å²) in [7, 11) is 0. The number of hydrogen-bond donors (Lipinski definition) is 1. The Balaban J connectivity index is 0.00000242. The highest BCUT2D eigenvalue weighted by molar-refractivity contribution is 5.85. The highest BCUT2D eigenvalue weighted by Crippen LogP contribution is 2.19. The van der Waals surface area contributed by atoms with Gasteiger partial charge in [0.25, 0.3) is 5.69 Å². The van der Waals surface area contributed by atoms with Crippen molar-refractivity contribution in [2.45, 2.75) is 32.4 Å². The van der Waals surface area contributed by atoms with Crippen molar-refractivity contribution in [2.24, 2.45) is 0 Å². The third-order valence-electron chi connectivity index (χ3n) is 3.48. The van der Waals surface area contributed by atoms with Gasteiger partial charge in [0.05, 0.1) is 4.92 Å². The monoisotopic (exact) mass is 320 g/mol. The van der Waals surface area contributed by atoms with Gasteiger partial charge >= 0.3 is 0 Å². The van der Waals surface area contributed by atoms with E-state index < -0.39 is 0 Å². The summed E-state index contributed by atoms with van der Waals surface area (Å²) < 4.78 is 0. The highest BCUT2D eigenvalue weighted by Gasteiger charge is 2.10. The summed E-state index contributed by atoms with van der Waals surface area (Å²) in [6.07, 6.45) is 2.17. The molecule has 0 saturated heterocycles. The van der Waals surface area contributed by atoms with Crippen LogP contribution in [-0.2, 0) is 6.54 Å². The molecule has 0 aliphatic rings. The Kier molecular flexibility index (Phi) is 7.57. The van der Waals surface area contributed by atoms with Gasteiger partial charge in [0, 0.05) is 24.7 Å². The van der Waals surface area contributed by atoms with E-state index in [1.807, 2.05) is 18.2 Å². The number of nitro groups is 1. The molecule has 0 aromatic heterocycles. The minimum atomic E-state index is -0.374. The fourth-order valence-corrected chi connectivity index (χ4v) is 2.34. The molecule has 5 heteroatoms. The number of nitro benzene ring substituents is 1. The molecule has 0 fully saturated rings. The van der Waals surface area contributed by atoms with Crippen molar-refractivity contribution < 1.29 is 4.92 Å². The molecule has 2 rings (SSSR count). The molecule has 4 nitrogen and oxygen atoms in total. The fraction of sp³-hybridized carbons (Fsp3) is 0.294. The van der Waals surface area contributed by atoms with E-state index in [0.29, 0.717) is 12.6 Å². The second kappa shape index (κ2) is 9.18. The van der Waals surface area contributed by atoms with Crippen molar-refractivity contribution in [2.75, 3.05) is 0 Å². The second-order valence-corrected chi connectivity index (χ2v) is 5.06. The molecule has 0 aliphatic heterocycles. The van der Waals surface area contributed by atoms with Crippen LogP contribution in [0.25, 0.3) is 0 Å². The van der Waals surface area contributed by atoms with Crippen LogP contribution in [0.5, 0.6) is 0 Å². The van der Waals surface area contributed by atoms with Crippen molar-refractivity contribution in [1.82, 2.24) is 5.32 Å². The van der Waals surface area contributed by atoms with Gasteiger partial charge in [-0.3, -0.25) is 10.1 Å². The number of hydrogen-bond acceptors (Lipinski definition) is 3. The van der Waals surface area contributed by atoms with Crippen LogP contribution in [0.1, 0.15) is 36.9 Å². The van der Waals surface area contributed by atoms with Crippen LogP contribution < -0.4 is 5.32 Å². The zero-order chi connectivity index (χ0) is 15.1. The van der Waals surface area contributed by atoms with Crippen LogP contribution in [0.2, 0.25) is 0 Å². The van der Waals surface area contributed by atoms with Crippen molar-refractivity contribution in [3.63, 3.8) is 0 Å². The van der Waals surface area contributed by atoms with E-state index in [1.54, 1.807) is 24.3 Å². The van der Waals surface area contributed by atoms with Gasteiger partial charge in [0.1, 0.15) is 0 Å². The van der Waals surface area contributed by atoms with Crippen LogP contribution in [0.4, 0.5) is 5.69 Å². The Morgan fingerprint density at radius 2 is 1.73 bits per heavy atom. The molecule has 0 amide bonds.